The van der Waals surface area contributed by atoms with Crippen molar-refractivity contribution in [2.45, 2.75) is 38.6 Å². The fourth-order valence-electron chi connectivity index (χ4n) is 2.67. The van der Waals surface area contributed by atoms with Crippen molar-refractivity contribution in [1.29, 1.82) is 5.26 Å². The van der Waals surface area contributed by atoms with Crippen molar-refractivity contribution in [3.8, 4) is 6.07 Å². The van der Waals surface area contributed by atoms with Crippen LogP contribution in [0.5, 0.6) is 0 Å². The second-order valence-corrected chi connectivity index (χ2v) is 6.04. The van der Waals surface area contributed by atoms with Crippen molar-refractivity contribution in [2.24, 2.45) is 5.41 Å². The van der Waals surface area contributed by atoms with E-state index in [2.05, 4.69) is 11.0 Å². The molecule has 17 heavy (non-hydrogen) atoms. The molecule has 1 heterocycles. The van der Waals surface area contributed by atoms with Crippen LogP contribution in [0.4, 0.5) is 0 Å². The van der Waals surface area contributed by atoms with Gasteiger partial charge in [0.1, 0.15) is 0 Å². The van der Waals surface area contributed by atoms with Gasteiger partial charge in [-0.15, -0.1) is 0 Å². The summed E-state index contributed by atoms with van der Waals surface area (Å²) in [5.74, 6) is 0.191. The summed E-state index contributed by atoms with van der Waals surface area (Å²) in [6.07, 6.45) is 2.90. The van der Waals surface area contributed by atoms with E-state index in [-0.39, 0.29) is 11.3 Å². The minimum atomic E-state index is -0.419. The van der Waals surface area contributed by atoms with Crippen LogP contribution >= 0.6 is 0 Å². The summed E-state index contributed by atoms with van der Waals surface area (Å²) in [6.45, 7) is 6.60. The molecule has 1 amide bonds. The average Bonchev–Trinajstić information content (AvgIpc) is 3.01. The van der Waals surface area contributed by atoms with Crippen LogP contribution in [-0.4, -0.2) is 47.9 Å². The molecule has 1 aliphatic carbocycles. The number of carbonyl (C=O) groups excluding carboxylic acids is 1. The fourth-order valence-corrected chi connectivity index (χ4v) is 2.67. The highest BCUT2D eigenvalue weighted by Gasteiger charge is 2.49. The second kappa shape index (κ2) is 3.99. The molecule has 1 saturated carbocycles. The highest BCUT2D eigenvalue weighted by molar-refractivity contribution is 5.86. The summed E-state index contributed by atoms with van der Waals surface area (Å²) in [4.78, 5) is 16.2. The van der Waals surface area contributed by atoms with Gasteiger partial charge in [-0.3, -0.25) is 9.69 Å². The molecule has 1 aliphatic heterocycles. The first-order valence-corrected chi connectivity index (χ1v) is 6.29. The molecule has 0 aromatic rings. The van der Waals surface area contributed by atoms with E-state index >= 15 is 0 Å². The van der Waals surface area contributed by atoms with Crippen molar-refractivity contribution >= 4 is 5.91 Å². The number of hydrogen-bond acceptors (Lipinski definition) is 3. The molecule has 94 valence electrons. The van der Waals surface area contributed by atoms with E-state index in [9.17, 15) is 4.79 Å². The Morgan fingerprint density at radius 1 is 1.35 bits per heavy atom. The summed E-state index contributed by atoms with van der Waals surface area (Å²) in [5, 5.41) is 8.85. The number of nitriles is 1. The van der Waals surface area contributed by atoms with E-state index in [0.29, 0.717) is 6.42 Å². The van der Waals surface area contributed by atoms with Crippen LogP contribution in [0.25, 0.3) is 0 Å². The predicted octanol–water partition coefficient (Wildman–Crippen LogP) is 1.23. The molecule has 0 N–H and O–H groups in total. The fraction of sp³-hybridized carbons (Fsp3) is 0.846. The maximum Gasteiger partial charge on any atom is 0.242 e. The first-order valence-electron chi connectivity index (χ1n) is 6.29. The summed E-state index contributed by atoms with van der Waals surface area (Å²) in [7, 11) is 1.86. The van der Waals surface area contributed by atoms with Crippen LogP contribution in [0.1, 0.15) is 33.1 Å². The van der Waals surface area contributed by atoms with Crippen molar-refractivity contribution in [3.05, 3.63) is 0 Å². The highest BCUT2D eigenvalue weighted by atomic mass is 16.2. The van der Waals surface area contributed by atoms with Crippen LogP contribution in [0, 0.1) is 16.7 Å². The number of hydrogen-bond donors (Lipinski definition) is 0. The van der Waals surface area contributed by atoms with Crippen molar-refractivity contribution in [2.75, 3.05) is 26.7 Å². The minimum Gasteiger partial charge on any atom is -0.343 e. The maximum absolute atomic E-state index is 12.1. The lowest BCUT2D eigenvalue weighted by Gasteiger charge is -2.46. The van der Waals surface area contributed by atoms with Gasteiger partial charge in [-0.1, -0.05) is 0 Å². The van der Waals surface area contributed by atoms with E-state index in [1.54, 1.807) is 4.90 Å². The zero-order valence-corrected chi connectivity index (χ0v) is 11.0. The van der Waals surface area contributed by atoms with E-state index < -0.39 is 5.54 Å². The average molecular weight is 235 g/mol. The molecular formula is C13H21N3O. The zero-order chi connectivity index (χ0) is 12.7. The summed E-state index contributed by atoms with van der Waals surface area (Å²) in [6, 6.07) is 2.29. The van der Waals surface area contributed by atoms with E-state index in [1.165, 1.54) is 0 Å². The van der Waals surface area contributed by atoms with Gasteiger partial charge >= 0.3 is 0 Å². The van der Waals surface area contributed by atoms with Crippen molar-refractivity contribution in [3.63, 3.8) is 0 Å². The van der Waals surface area contributed by atoms with Gasteiger partial charge in [-0.05, 0) is 32.1 Å². The van der Waals surface area contributed by atoms with Gasteiger partial charge in [0.25, 0.3) is 0 Å². The highest BCUT2D eigenvalue weighted by Crippen LogP contribution is 2.50. The normalized spacial score (nSPS) is 26.7. The molecule has 1 saturated heterocycles. The third-order valence-electron chi connectivity index (χ3n) is 4.30. The monoisotopic (exact) mass is 235 g/mol. The third-order valence-corrected chi connectivity index (χ3v) is 4.30. The molecule has 0 aromatic carbocycles. The SMILES string of the molecule is CN1CCN(CC2(CC#N)CC2)C(C)(C)C1=O. The molecule has 0 spiro atoms. The lowest BCUT2D eigenvalue weighted by atomic mass is 9.93. The number of likely N-dealkylation sites (N-methyl/N-ethyl adjacent to an activating group) is 1. The summed E-state index contributed by atoms with van der Waals surface area (Å²) < 4.78 is 0. The number of rotatable bonds is 3. The van der Waals surface area contributed by atoms with Gasteiger partial charge in [0.15, 0.2) is 0 Å². The zero-order valence-electron chi connectivity index (χ0n) is 11.0. The maximum atomic E-state index is 12.1. The van der Waals surface area contributed by atoms with Gasteiger partial charge in [0.05, 0.1) is 11.6 Å². The lowest BCUT2D eigenvalue weighted by Crippen LogP contribution is -2.62. The lowest BCUT2D eigenvalue weighted by molar-refractivity contribution is -0.147. The van der Waals surface area contributed by atoms with Crippen LogP contribution in [0.15, 0.2) is 0 Å². The molecular weight excluding hydrogens is 214 g/mol. The van der Waals surface area contributed by atoms with Crippen LogP contribution in [-0.2, 0) is 4.79 Å². The van der Waals surface area contributed by atoms with Crippen LogP contribution in [0.2, 0.25) is 0 Å². The molecule has 2 aliphatic rings. The second-order valence-electron chi connectivity index (χ2n) is 6.04. The first kappa shape index (κ1) is 12.4. The Morgan fingerprint density at radius 2 is 2.00 bits per heavy atom. The van der Waals surface area contributed by atoms with Crippen LogP contribution < -0.4 is 0 Å². The number of amides is 1. The van der Waals surface area contributed by atoms with E-state index in [4.69, 9.17) is 5.26 Å². The molecule has 2 fully saturated rings. The number of piperazine rings is 1. The molecule has 0 atom stereocenters. The molecule has 4 nitrogen and oxygen atoms in total. The van der Waals surface area contributed by atoms with Gasteiger partial charge in [0, 0.05) is 33.1 Å². The Morgan fingerprint density at radius 3 is 2.53 bits per heavy atom. The van der Waals surface area contributed by atoms with Gasteiger partial charge in [-0.25, -0.2) is 0 Å². The van der Waals surface area contributed by atoms with Gasteiger partial charge < -0.3 is 4.90 Å². The third kappa shape index (κ3) is 2.16. The Hall–Kier alpha value is -1.08. The Bertz CT molecular complexity index is 365. The molecule has 0 aromatic heterocycles. The summed E-state index contributed by atoms with van der Waals surface area (Å²) >= 11 is 0. The van der Waals surface area contributed by atoms with Crippen molar-refractivity contribution < 1.29 is 4.79 Å². The van der Waals surface area contributed by atoms with E-state index in [0.717, 1.165) is 32.5 Å². The quantitative estimate of drug-likeness (QED) is 0.739. The largest absolute Gasteiger partial charge is 0.343 e. The Balaban J connectivity index is 2.07. The standard InChI is InChI=1S/C13H21N3O/c1-12(2)11(17)15(3)8-9-16(12)10-13(4-5-13)6-7-14/h4-6,8-10H2,1-3H3. The Kier molecular flexibility index (Phi) is 2.90. The molecule has 0 unspecified atom stereocenters. The van der Waals surface area contributed by atoms with E-state index in [1.807, 2.05) is 20.9 Å². The van der Waals surface area contributed by atoms with Gasteiger partial charge in [-0.2, -0.15) is 5.26 Å². The smallest absolute Gasteiger partial charge is 0.242 e. The van der Waals surface area contributed by atoms with Crippen LogP contribution in [0.3, 0.4) is 0 Å². The Labute approximate surface area is 103 Å². The molecule has 0 radical (unpaired) electrons. The number of nitrogens with zero attached hydrogens (tertiary/aromatic N) is 3. The molecule has 2 rings (SSSR count). The minimum absolute atomic E-state index is 0.183. The number of carbonyl (C=O) groups is 1. The summed E-state index contributed by atoms with van der Waals surface area (Å²) in [5.41, 5.74) is -0.236. The topological polar surface area (TPSA) is 47.3 Å². The molecule has 0 bridgehead atoms. The first-order chi connectivity index (χ1) is 7.91. The van der Waals surface area contributed by atoms with Crippen molar-refractivity contribution in [1.82, 2.24) is 9.80 Å². The molecule has 4 heteroatoms. The predicted molar refractivity (Wildman–Crippen MR) is 65.2 cm³/mol. The van der Waals surface area contributed by atoms with Gasteiger partial charge in [0.2, 0.25) is 5.91 Å².